The van der Waals surface area contributed by atoms with Crippen molar-refractivity contribution in [2.45, 2.75) is 77.0 Å². The molecule has 0 radical (unpaired) electrons. The van der Waals surface area contributed by atoms with Crippen molar-refractivity contribution in [1.29, 1.82) is 0 Å². The van der Waals surface area contributed by atoms with Gasteiger partial charge in [0.25, 0.3) is 0 Å². The highest BCUT2D eigenvalue weighted by molar-refractivity contribution is 5.89. The van der Waals surface area contributed by atoms with Crippen molar-refractivity contribution in [3.8, 4) is 33.6 Å². The second-order valence-electron chi connectivity index (χ2n) is 15.0. The van der Waals surface area contributed by atoms with Gasteiger partial charge in [-0.1, -0.05) is 92.7 Å². The number of imidazole rings is 2. The van der Waals surface area contributed by atoms with Gasteiger partial charge in [0, 0.05) is 13.1 Å². The second kappa shape index (κ2) is 15.9. The molecule has 3 amide bonds. The van der Waals surface area contributed by atoms with Crippen molar-refractivity contribution >= 4 is 17.9 Å². The third-order valence-corrected chi connectivity index (χ3v) is 11.1. The number of hydrogen-bond acceptors (Lipinski definition) is 6. The van der Waals surface area contributed by atoms with Gasteiger partial charge in [-0.3, -0.25) is 14.5 Å². The van der Waals surface area contributed by atoms with Crippen molar-refractivity contribution in [3.63, 3.8) is 0 Å². The molecule has 286 valence electrons. The number of nitrogens with one attached hydrogen (secondary N) is 3. The van der Waals surface area contributed by atoms with Gasteiger partial charge in [0.2, 0.25) is 11.8 Å². The number of rotatable bonds is 12. The molecule has 0 spiro atoms. The molecule has 4 heterocycles. The van der Waals surface area contributed by atoms with Crippen molar-refractivity contribution < 1.29 is 19.5 Å². The quantitative estimate of drug-likeness (QED) is 0.103. The van der Waals surface area contributed by atoms with Gasteiger partial charge in [0.05, 0.1) is 35.9 Å². The molecule has 4 N–H and O–H groups in total. The van der Waals surface area contributed by atoms with Gasteiger partial charge in [-0.25, -0.2) is 14.8 Å². The minimum atomic E-state index is -1.24. The second-order valence-corrected chi connectivity index (χ2v) is 15.0. The highest BCUT2D eigenvalue weighted by Gasteiger charge is 2.41. The number of likely N-dealkylation sites (tertiary alicyclic amines) is 2. The topological polar surface area (TPSA) is 151 Å². The van der Waals surface area contributed by atoms with Crippen molar-refractivity contribution in [2.75, 3.05) is 26.2 Å². The number of benzene rings is 3. The first-order valence-corrected chi connectivity index (χ1v) is 19.3. The lowest BCUT2D eigenvalue weighted by atomic mass is 10.0. The molecule has 3 aromatic carbocycles. The molecule has 7 rings (SSSR count). The molecule has 2 fully saturated rings. The van der Waals surface area contributed by atoms with E-state index in [-0.39, 0.29) is 29.9 Å². The molecular formula is C43H50N8O4. The first-order chi connectivity index (χ1) is 26.6. The van der Waals surface area contributed by atoms with Gasteiger partial charge < -0.3 is 30.2 Å². The summed E-state index contributed by atoms with van der Waals surface area (Å²) in [6, 6.07) is 26.1. The first kappa shape index (κ1) is 37.6. The number of nitrogens with zero attached hydrogens (tertiary/aromatic N) is 5. The van der Waals surface area contributed by atoms with E-state index in [1.165, 1.54) is 0 Å². The van der Waals surface area contributed by atoms with Crippen LogP contribution in [0.25, 0.3) is 33.6 Å². The molecule has 2 aromatic heterocycles. The SMILES string of the molecule is CCN(CC)[C@@H](C(=O)N1CCC[C@H]1c1ncc(-c2ccc(-c3ccc(-c4cnc([C@@H]5CCCN5C(=O)C(C)(C)NC(=O)O)[nH]4)cc3)cc2)[nH]1)c1ccccc1. The predicted molar refractivity (Wildman–Crippen MR) is 212 cm³/mol. The summed E-state index contributed by atoms with van der Waals surface area (Å²) in [6.45, 7) is 10.2. The van der Waals surface area contributed by atoms with Gasteiger partial charge >= 0.3 is 6.09 Å². The fourth-order valence-electron chi connectivity index (χ4n) is 8.17. The number of carboxylic acid groups (broad SMARTS) is 1. The molecule has 55 heavy (non-hydrogen) atoms. The van der Waals surface area contributed by atoms with Gasteiger partial charge in [-0.05, 0) is 80.4 Å². The van der Waals surface area contributed by atoms with E-state index in [1.54, 1.807) is 24.9 Å². The lowest BCUT2D eigenvalue weighted by Gasteiger charge is -2.34. The Morgan fingerprint density at radius 2 is 1.24 bits per heavy atom. The molecular weight excluding hydrogens is 693 g/mol. The molecule has 2 aliphatic heterocycles. The molecule has 0 saturated carbocycles. The standard InChI is InChI=1S/C43H50N8O4/c1-5-49(6-2)37(32-12-8-7-9-13-32)40(52)50-24-10-14-35(50)38-44-26-33(46-38)30-20-16-28(17-21-30)29-18-22-31(23-19-29)34-27-45-39(47-34)36-15-11-25-51(36)41(53)43(3,4)48-42(54)55/h7-9,12-13,16-23,26-27,35-37,48H,5-6,10-11,14-15,24-25H2,1-4H3,(H,44,46)(H,45,47)(H,54,55)/t35-,36-,37+/m0/s1. The van der Waals surface area contributed by atoms with Crippen LogP contribution < -0.4 is 5.32 Å². The summed E-state index contributed by atoms with van der Waals surface area (Å²) < 4.78 is 0. The van der Waals surface area contributed by atoms with Gasteiger partial charge in [-0.2, -0.15) is 0 Å². The lowest BCUT2D eigenvalue weighted by Crippen LogP contribution is -2.55. The van der Waals surface area contributed by atoms with E-state index < -0.39 is 11.6 Å². The normalized spacial score (nSPS) is 17.8. The lowest BCUT2D eigenvalue weighted by molar-refractivity contribution is -0.138. The maximum Gasteiger partial charge on any atom is 0.405 e. The van der Waals surface area contributed by atoms with Crippen LogP contribution in [0.5, 0.6) is 0 Å². The molecule has 5 aromatic rings. The van der Waals surface area contributed by atoms with E-state index in [0.717, 1.165) is 83.8 Å². The number of likely N-dealkylation sites (N-methyl/N-ethyl adjacent to an activating group) is 1. The summed E-state index contributed by atoms with van der Waals surface area (Å²) in [7, 11) is 0. The fourth-order valence-corrected chi connectivity index (χ4v) is 8.17. The fraction of sp³-hybridized carbons (Fsp3) is 0.372. The highest BCUT2D eigenvalue weighted by atomic mass is 16.4. The Kier molecular flexibility index (Phi) is 10.9. The van der Waals surface area contributed by atoms with Crippen LogP contribution >= 0.6 is 0 Å². The number of aromatic amines is 2. The van der Waals surface area contributed by atoms with Crippen molar-refractivity contribution in [3.05, 3.63) is 108 Å². The minimum Gasteiger partial charge on any atom is -0.465 e. The minimum absolute atomic E-state index is 0.0976. The number of H-pyrrole nitrogens is 2. The zero-order chi connectivity index (χ0) is 38.7. The Bertz CT molecular complexity index is 2100. The van der Waals surface area contributed by atoms with Crippen LogP contribution in [0.2, 0.25) is 0 Å². The summed E-state index contributed by atoms with van der Waals surface area (Å²) >= 11 is 0. The van der Waals surface area contributed by atoms with Crippen LogP contribution in [-0.4, -0.2) is 89.4 Å². The van der Waals surface area contributed by atoms with Gasteiger partial charge in [0.1, 0.15) is 23.2 Å². The smallest absolute Gasteiger partial charge is 0.405 e. The van der Waals surface area contributed by atoms with E-state index >= 15 is 0 Å². The molecule has 12 heteroatoms. The molecule has 0 bridgehead atoms. The maximum absolute atomic E-state index is 14.2. The Labute approximate surface area is 322 Å². The van der Waals surface area contributed by atoms with Crippen LogP contribution in [0.1, 0.15) is 88.7 Å². The van der Waals surface area contributed by atoms with Crippen LogP contribution in [0, 0.1) is 0 Å². The summed E-state index contributed by atoms with van der Waals surface area (Å²) in [5.74, 6) is 1.37. The average molecular weight is 743 g/mol. The molecule has 2 saturated heterocycles. The molecule has 3 atom stereocenters. The van der Waals surface area contributed by atoms with E-state index in [9.17, 15) is 19.5 Å². The highest BCUT2D eigenvalue weighted by Crippen LogP contribution is 2.37. The summed E-state index contributed by atoms with van der Waals surface area (Å²) in [4.78, 5) is 61.1. The number of aromatic nitrogens is 4. The van der Waals surface area contributed by atoms with Crippen molar-refractivity contribution in [1.82, 2.24) is 40.0 Å². The Morgan fingerprint density at radius 1 is 0.764 bits per heavy atom. The number of carbonyl (C=O) groups is 3. The van der Waals surface area contributed by atoms with E-state index in [0.29, 0.717) is 18.9 Å². The zero-order valence-corrected chi connectivity index (χ0v) is 32.0. The van der Waals surface area contributed by atoms with Crippen LogP contribution in [0.3, 0.4) is 0 Å². The van der Waals surface area contributed by atoms with Crippen molar-refractivity contribution in [2.24, 2.45) is 0 Å². The first-order valence-electron chi connectivity index (χ1n) is 19.3. The molecule has 2 aliphatic rings. The third-order valence-electron chi connectivity index (χ3n) is 11.1. The molecule has 0 unspecified atom stereocenters. The summed E-state index contributed by atoms with van der Waals surface area (Å²) in [5.41, 5.74) is 5.69. The number of amides is 3. The Balaban J connectivity index is 1.02. The Hall–Kier alpha value is -5.75. The molecule has 12 nitrogen and oxygen atoms in total. The number of hydrogen-bond donors (Lipinski definition) is 4. The average Bonchev–Trinajstić information content (AvgIpc) is 4.03. The monoisotopic (exact) mass is 742 g/mol. The molecule has 0 aliphatic carbocycles. The largest absolute Gasteiger partial charge is 0.465 e. The summed E-state index contributed by atoms with van der Waals surface area (Å²) in [6.07, 6.45) is 5.80. The maximum atomic E-state index is 14.2. The third kappa shape index (κ3) is 7.77. The van der Waals surface area contributed by atoms with Gasteiger partial charge in [0.15, 0.2) is 0 Å². The number of carbonyl (C=O) groups excluding carboxylic acids is 2. The zero-order valence-electron chi connectivity index (χ0n) is 32.0. The van der Waals surface area contributed by atoms with E-state index in [1.807, 2.05) is 41.4 Å². The predicted octanol–water partition coefficient (Wildman–Crippen LogP) is 7.59. The summed E-state index contributed by atoms with van der Waals surface area (Å²) in [5, 5.41) is 11.5. The van der Waals surface area contributed by atoms with Crippen LogP contribution in [0.4, 0.5) is 4.79 Å². The van der Waals surface area contributed by atoms with E-state index in [2.05, 4.69) is 87.5 Å². The van der Waals surface area contributed by atoms with Crippen LogP contribution in [0.15, 0.2) is 91.3 Å². The van der Waals surface area contributed by atoms with Gasteiger partial charge in [-0.15, -0.1) is 0 Å². The van der Waals surface area contributed by atoms with Crippen LogP contribution in [-0.2, 0) is 9.59 Å². The van der Waals surface area contributed by atoms with E-state index in [4.69, 9.17) is 4.98 Å². The Morgan fingerprint density at radius 3 is 1.73 bits per heavy atom.